The van der Waals surface area contributed by atoms with Gasteiger partial charge >= 0.3 is 0 Å². The van der Waals surface area contributed by atoms with Crippen LogP contribution in [0.3, 0.4) is 0 Å². The van der Waals surface area contributed by atoms with Crippen molar-refractivity contribution in [2.75, 3.05) is 12.9 Å². The molecule has 2 unspecified atom stereocenters. The first-order chi connectivity index (χ1) is 9.61. The molecule has 1 aromatic heterocycles. The lowest BCUT2D eigenvalue weighted by Gasteiger charge is -2.14. The van der Waals surface area contributed by atoms with Crippen molar-refractivity contribution in [3.8, 4) is 0 Å². The lowest BCUT2D eigenvalue weighted by Crippen LogP contribution is -2.30. The number of carbonyl (C=O) groups excluding carboxylic acids is 1. The van der Waals surface area contributed by atoms with Gasteiger partial charge in [0.05, 0.1) is 12.9 Å². The summed E-state index contributed by atoms with van der Waals surface area (Å²) in [5.74, 6) is 0.168. The normalized spacial score (nSPS) is 13.7. The van der Waals surface area contributed by atoms with Gasteiger partial charge in [-0.2, -0.15) is 0 Å². The number of benzene rings is 1. The Labute approximate surface area is 119 Å². The number of aliphatic hydroxyl groups excluding tert-OH is 1. The van der Waals surface area contributed by atoms with Crippen LogP contribution in [0.4, 0.5) is 0 Å². The molecule has 2 atom stereocenters. The summed E-state index contributed by atoms with van der Waals surface area (Å²) in [6, 6.07) is 9.28. The number of furan rings is 1. The number of carbonyl (C=O) groups is 1. The fourth-order valence-electron chi connectivity index (χ4n) is 1.74. The lowest BCUT2D eigenvalue weighted by atomic mass is 10.2. The number of amides is 1. The molecule has 0 saturated carbocycles. The van der Waals surface area contributed by atoms with Gasteiger partial charge in [0.25, 0.3) is 5.91 Å². The summed E-state index contributed by atoms with van der Waals surface area (Å²) in [6.07, 6.45) is 3.06. The molecule has 1 aromatic carbocycles. The number of rotatable bonds is 5. The zero-order valence-electron chi connectivity index (χ0n) is 10.9. The summed E-state index contributed by atoms with van der Waals surface area (Å²) >= 11 is 0. The smallest absolute Gasteiger partial charge is 0.251 e. The fraction of sp³-hybridized carbons (Fsp3) is 0.214. The molecule has 0 aliphatic heterocycles. The van der Waals surface area contributed by atoms with Gasteiger partial charge in [-0.25, -0.2) is 0 Å². The average Bonchev–Trinajstić information content (AvgIpc) is 2.98. The number of hydrogen-bond donors (Lipinski definition) is 2. The third kappa shape index (κ3) is 3.34. The molecule has 6 heteroatoms. The molecule has 0 spiro atoms. The van der Waals surface area contributed by atoms with E-state index in [1.807, 2.05) is 0 Å². The molecule has 20 heavy (non-hydrogen) atoms. The summed E-state index contributed by atoms with van der Waals surface area (Å²) < 4.78 is 16.4. The first-order valence-corrected chi connectivity index (χ1v) is 7.56. The van der Waals surface area contributed by atoms with E-state index in [2.05, 4.69) is 5.32 Å². The van der Waals surface area contributed by atoms with Crippen molar-refractivity contribution < 1.29 is 18.5 Å². The van der Waals surface area contributed by atoms with Crippen LogP contribution in [0.2, 0.25) is 0 Å². The van der Waals surface area contributed by atoms with E-state index in [1.54, 1.807) is 42.7 Å². The van der Waals surface area contributed by atoms with Gasteiger partial charge in [-0.15, -0.1) is 0 Å². The third-order valence-electron chi connectivity index (χ3n) is 2.82. The van der Waals surface area contributed by atoms with E-state index in [4.69, 9.17) is 4.42 Å². The molecule has 2 N–H and O–H groups in total. The Hall–Kier alpha value is -1.92. The van der Waals surface area contributed by atoms with Crippen molar-refractivity contribution in [2.24, 2.45) is 0 Å². The van der Waals surface area contributed by atoms with Gasteiger partial charge in [-0.3, -0.25) is 9.00 Å². The molecule has 0 aliphatic rings. The van der Waals surface area contributed by atoms with Gasteiger partial charge in [-0.05, 0) is 36.4 Å². The maximum absolute atomic E-state index is 12.1. The van der Waals surface area contributed by atoms with E-state index in [0.29, 0.717) is 16.2 Å². The van der Waals surface area contributed by atoms with Gasteiger partial charge in [-0.1, -0.05) is 0 Å². The summed E-state index contributed by atoms with van der Waals surface area (Å²) in [7, 11) is -1.07. The highest BCUT2D eigenvalue weighted by molar-refractivity contribution is 7.84. The van der Waals surface area contributed by atoms with Crippen molar-refractivity contribution in [2.45, 2.75) is 10.9 Å². The molecule has 0 bridgehead atoms. The van der Waals surface area contributed by atoms with Crippen LogP contribution < -0.4 is 5.32 Å². The van der Waals surface area contributed by atoms with E-state index in [0.717, 1.165) is 0 Å². The van der Waals surface area contributed by atoms with Gasteiger partial charge in [0.15, 0.2) is 0 Å². The standard InChI is InChI=1S/C14H15NO4S/c1-20(18)11-6-4-10(5-7-11)14(17)15-12(9-16)13-3-2-8-19-13/h2-8,12,16H,9H2,1H3,(H,15,17). The SMILES string of the molecule is CS(=O)c1ccc(C(=O)NC(CO)c2ccco2)cc1. The summed E-state index contributed by atoms with van der Waals surface area (Å²) in [5.41, 5.74) is 0.434. The van der Waals surface area contributed by atoms with Crippen LogP contribution in [0.5, 0.6) is 0 Å². The van der Waals surface area contributed by atoms with Crippen molar-refractivity contribution in [1.82, 2.24) is 5.32 Å². The predicted octanol–water partition coefficient (Wildman–Crippen LogP) is 1.48. The van der Waals surface area contributed by atoms with Crippen molar-refractivity contribution in [3.05, 3.63) is 54.0 Å². The molecule has 2 aromatic rings. The number of hydrogen-bond acceptors (Lipinski definition) is 4. The molecule has 0 saturated heterocycles. The largest absolute Gasteiger partial charge is 0.467 e. The Bertz CT molecular complexity index is 592. The maximum atomic E-state index is 12.1. The minimum absolute atomic E-state index is 0.254. The van der Waals surface area contributed by atoms with Gasteiger partial charge in [0.1, 0.15) is 11.8 Å². The van der Waals surface area contributed by atoms with Crippen molar-refractivity contribution in [3.63, 3.8) is 0 Å². The van der Waals surface area contributed by atoms with E-state index < -0.39 is 16.8 Å². The predicted molar refractivity (Wildman–Crippen MR) is 74.8 cm³/mol. The molecule has 0 fully saturated rings. The van der Waals surface area contributed by atoms with Gasteiger partial charge in [0, 0.05) is 27.5 Å². The minimum Gasteiger partial charge on any atom is -0.467 e. The Morgan fingerprint density at radius 1 is 1.35 bits per heavy atom. The van der Waals surface area contributed by atoms with Gasteiger partial charge in [0.2, 0.25) is 0 Å². The van der Waals surface area contributed by atoms with Crippen LogP contribution in [0.25, 0.3) is 0 Å². The highest BCUT2D eigenvalue weighted by Gasteiger charge is 2.17. The summed E-state index contributed by atoms with van der Waals surface area (Å²) in [6.45, 7) is -0.254. The lowest BCUT2D eigenvalue weighted by molar-refractivity contribution is 0.0907. The molecule has 1 heterocycles. The van der Waals surface area contributed by atoms with Crippen molar-refractivity contribution >= 4 is 16.7 Å². The van der Waals surface area contributed by atoms with Gasteiger partial charge < -0.3 is 14.8 Å². The van der Waals surface area contributed by atoms with Crippen LogP contribution in [0.1, 0.15) is 22.2 Å². The highest BCUT2D eigenvalue weighted by Crippen LogP contribution is 2.14. The van der Waals surface area contributed by atoms with Crippen LogP contribution in [0, 0.1) is 0 Å². The van der Waals surface area contributed by atoms with E-state index in [-0.39, 0.29) is 12.5 Å². The Balaban J connectivity index is 2.09. The second-order valence-electron chi connectivity index (χ2n) is 4.20. The van der Waals surface area contributed by atoms with E-state index in [1.165, 1.54) is 6.26 Å². The monoisotopic (exact) mass is 293 g/mol. The molecule has 0 radical (unpaired) electrons. The van der Waals surface area contributed by atoms with Crippen LogP contribution in [0.15, 0.2) is 52.0 Å². The van der Waals surface area contributed by atoms with Crippen LogP contribution in [-0.4, -0.2) is 28.1 Å². The fourth-order valence-corrected chi connectivity index (χ4v) is 2.26. The van der Waals surface area contributed by atoms with E-state index in [9.17, 15) is 14.1 Å². The first kappa shape index (κ1) is 14.5. The molecule has 2 rings (SSSR count). The van der Waals surface area contributed by atoms with Crippen LogP contribution >= 0.6 is 0 Å². The average molecular weight is 293 g/mol. The van der Waals surface area contributed by atoms with E-state index >= 15 is 0 Å². The molecular weight excluding hydrogens is 278 g/mol. The number of aliphatic hydroxyl groups is 1. The minimum atomic E-state index is -1.07. The quantitative estimate of drug-likeness (QED) is 0.875. The molecule has 0 aliphatic carbocycles. The second-order valence-corrected chi connectivity index (χ2v) is 5.58. The third-order valence-corrected chi connectivity index (χ3v) is 3.76. The Morgan fingerprint density at radius 2 is 2.05 bits per heavy atom. The summed E-state index contributed by atoms with van der Waals surface area (Å²) in [5, 5.41) is 12.0. The summed E-state index contributed by atoms with van der Waals surface area (Å²) in [4.78, 5) is 12.7. The topological polar surface area (TPSA) is 79.5 Å². The van der Waals surface area contributed by atoms with Crippen LogP contribution in [-0.2, 0) is 10.8 Å². The molecule has 106 valence electrons. The molecule has 1 amide bonds. The molecular formula is C14H15NO4S. The van der Waals surface area contributed by atoms with Crippen molar-refractivity contribution in [1.29, 1.82) is 0 Å². The second kappa shape index (κ2) is 6.49. The Morgan fingerprint density at radius 3 is 2.55 bits per heavy atom. The Kier molecular flexibility index (Phi) is 4.70. The zero-order valence-corrected chi connectivity index (χ0v) is 11.7. The number of nitrogens with one attached hydrogen (secondary N) is 1. The highest BCUT2D eigenvalue weighted by atomic mass is 32.2. The first-order valence-electron chi connectivity index (χ1n) is 6.00. The zero-order chi connectivity index (χ0) is 14.5. The molecule has 5 nitrogen and oxygen atoms in total. The maximum Gasteiger partial charge on any atom is 0.251 e.